The Kier molecular flexibility index (Phi) is 2.85. The zero-order valence-corrected chi connectivity index (χ0v) is 7.63. The summed E-state index contributed by atoms with van der Waals surface area (Å²) in [5.41, 5.74) is 0. The van der Waals surface area contributed by atoms with Crippen molar-refractivity contribution in [1.29, 1.82) is 0 Å². The van der Waals surface area contributed by atoms with Gasteiger partial charge in [-0.1, -0.05) is 6.92 Å². The van der Waals surface area contributed by atoms with Crippen LogP contribution in [0.25, 0.3) is 0 Å². The van der Waals surface area contributed by atoms with Crippen LogP contribution in [0, 0.1) is 0 Å². The van der Waals surface area contributed by atoms with Gasteiger partial charge in [-0.2, -0.15) is 13.9 Å². The Morgan fingerprint density at radius 3 is 2.77 bits per heavy atom. The fraction of sp³-hybridized carbons (Fsp3) is 0.625. The van der Waals surface area contributed by atoms with Gasteiger partial charge in [0.25, 0.3) is 0 Å². The second kappa shape index (κ2) is 3.72. The number of aromatic nitrogens is 2. The van der Waals surface area contributed by atoms with Crippen molar-refractivity contribution in [2.75, 3.05) is 6.61 Å². The van der Waals surface area contributed by atoms with Gasteiger partial charge in [-0.15, -0.1) is 0 Å². The normalized spacial score (nSPS) is 11.7. The fourth-order valence-corrected chi connectivity index (χ4v) is 0.888. The summed E-state index contributed by atoms with van der Waals surface area (Å²) in [5.74, 6) is 0.371. The predicted octanol–water partition coefficient (Wildman–Crippen LogP) is 2.24. The van der Waals surface area contributed by atoms with E-state index in [1.54, 1.807) is 6.92 Å². The molecule has 0 saturated carbocycles. The minimum Gasteiger partial charge on any atom is -0.491 e. The molecule has 0 unspecified atom stereocenters. The van der Waals surface area contributed by atoms with Gasteiger partial charge in [0.2, 0.25) is 0 Å². The van der Waals surface area contributed by atoms with E-state index in [4.69, 9.17) is 4.74 Å². The first-order chi connectivity index (χ1) is 6.10. The highest BCUT2D eigenvalue weighted by Crippen LogP contribution is 2.25. The van der Waals surface area contributed by atoms with Crippen LogP contribution in [0.3, 0.4) is 0 Å². The minimum atomic E-state index is -2.92. The maximum atomic E-state index is 13.0. The summed E-state index contributed by atoms with van der Waals surface area (Å²) in [6.07, 6.45) is 2.21. The van der Waals surface area contributed by atoms with Crippen LogP contribution in [0.15, 0.2) is 12.4 Å². The Morgan fingerprint density at radius 2 is 2.23 bits per heavy atom. The van der Waals surface area contributed by atoms with Gasteiger partial charge in [-0.3, -0.25) is 0 Å². The number of ether oxygens (including phenoxy) is 1. The molecule has 0 aromatic carbocycles. The second-order valence-electron chi connectivity index (χ2n) is 2.57. The SMILES string of the molecule is CCOc1cnn(C(F)(F)CC)c1. The molecule has 0 N–H and O–H groups in total. The minimum absolute atomic E-state index is 0.278. The molecule has 0 aliphatic rings. The van der Waals surface area contributed by atoms with Crippen molar-refractivity contribution in [3.8, 4) is 5.75 Å². The number of alkyl halides is 2. The summed E-state index contributed by atoms with van der Waals surface area (Å²) < 4.78 is 31.6. The molecule has 0 radical (unpaired) electrons. The third-order valence-corrected chi connectivity index (χ3v) is 1.63. The van der Waals surface area contributed by atoms with Crippen molar-refractivity contribution < 1.29 is 13.5 Å². The van der Waals surface area contributed by atoms with E-state index < -0.39 is 6.05 Å². The lowest BCUT2D eigenvalue weighted by atomic mass is 10.4. The number of nitrogens with zero attached hydrogens (tertiary/aromatic N) is 2. The van der Waals surface area contributed by atoms with E-state index in [0.29, 0.717) is 17.0 Å². The fourth-order valence-electron chi connectivity index (χ4n) is 0.888. The molecule has 1 rings (SSSR count). The Labute approximate surface area is 75.3 Å². The average molecular weight is 190 g/mol. The summed E-state index contributed by atoms with van der Waals surface area (Å²) in [5, 5.41) is 3.52. The number of hydrogen-bond donors (Lipinski definition) is 0. The third-order valence-electron chi connectivity index (χ3n) is 1.63. The topological polar surface area (TPSA) is 27.1 Å². The summed E-state index contributed by atoms with van der Waals surface area (Å²) >= 11 is 0. The first kappa shape index (κ1) is 9.95. The number of rotatable bonds is 4. The van der Waals surface area contributed by atoms with Gasteiger partial charge < -0.3 is 4.74 Å². The second-order valence-corrected chi connectivity index (χ2v) is 2.57. The molecular formula is C8H12F2N2O. The number of hydrogen-bond acceptors (Lipinski definition) is 2. The molecule has 1 heterocycles. The lowest BCUT2D eigenvalue weighted by molar-refractivity contribution is -0.0952. The highest BCUT2D eigenvalue weighted by atomic mass is 19.3. The largest absolute Gasteiger partial charge is 0.491 e. The molecule has 1 aromatic rings. The van der Waals surface area contributed by atoms with Crippen LogP contribution < -0.4 is 4.74 Å². The third kappa shape index (κ3) is 2.17. The molecule has 0 amide bonds. The highest BCUT2D eigenvalue weighted by molar-refractivity contribution is 5.12. The average Bonchev–Trinajstić information content (AvgIpc) is 2.54. The van der Waals surface area contributed by atoms with Crippen molar-refractivity contribution in [2.45, 2.75) is 26.3 Å². The van der Waals surface area contributed by atoms with Crippen LogP contribution in [0.5, 0.6) is 5.75 Å². The van der Waals surface area contributed by atoms with E-state index in [9.17, 15) is 8.78 Å². The molecule has 13 heavy (non-hydrogen) atoms. The van der Waals surface area contributed by atoms with Crippen molar-refractivity contribution in [3.05, 3.63) is 12.4 Å². The predicted molar refractivity (Wildman–Crippen MR) is 43.9 cm³/mol. The van der Waals surface area contributed by atoms with Crippen molar-refractivity contribution in [1.82, 2.24) is 9.78 Å². The monoisotopic (exact) mass is 190 g/mol. The van der Waals surface area contributed by atoms with Gasteiger partial charge >= 0.3 is 6.05 Å². The van der Waals surface area contributed by atoms with Crippen LogP contribution >= 0.6 is 0 Å². The van der Waals surface area contributed by atoms with E-state index in [0.717, 1.165) is 0 Å². The molecule has 1 aromatic heterocycles. The molecule has 0 bridgehead atoms. The molecule has 0 spiro atoms. The van der Waals surface area contributed by atoms with E-state index in [1.165, 1.54) is 19.3 Å². The molecule has 0 atom stereocenters. The Bertz CT molecular complexity index is 273. The number of halogens is 2. The van der Waals surface area contributed by atoms with E-state index in [2.05, 4.69) is 5.10 Å². The van der Waals surface area contributed by atoms with Crippen molar-refractivity contribution >= 4 is 0 Å². The van der Waals surface area contributed by atoms with Crippen LogP contribution in [-0.2, 0) is 6.05 Å². The summed E-state index contributed by atoms with van der Waals surface area (Å²) in [6.45, 7) is 3.64. The van der Waals surface area contributed by atoms with E-state index in [-0.39, 0.29) is 6.42 Å². The lowest BCUT2D eigenvalue weighted by Gasteiger charge is -2.13. The zero-order valence-electron chi connectivity index (χ0n) is 7.63. The summed E-state index contributed by atoms with van der Waals surface area (Å²) in [7, 11) is 0. The Balaban J connectivity index is 2.79. The molecular weight excluding hydrogens is 178 g/mol. The first-order valence-corrected chi connectivity index (χ1v) is 4.16. The Morgan fingerprint density at radius 1 is 1.54 bits per heavy atom. The molecule has 0 saturated heterocycles. The standard InChI is InChI=1S/C8H12F2N2O/c1-3-8(9,10)12-6-7(5-11-12)13-4-2/h5-6H,3-4H2,1-2H3. The lowest BCUT2D eigenvalue weighted by Crippen LogP contribution is -2.22. The smallest absolute Gasteiger partial charge is 0.343 e. The zero-order chi connectivity index (χ0) is 9.90. The van der Waals surface area contributed by atoms with Crippen molar-refractivity contribution in [3.63, 3.8) is 0 Å². The summed E-state index contributed by atoms with van der Waals surface area (Å²) in [4.78, 5) is 0. The van der Waals surface area contributed by atoms with Crippen LogP contribution in [-0.4, -0.2) is 16.4 Å². The van der Waals surface area contributed by atoms with E-state index >= 15 is 0 Å². The maximum absolute atomic E-state index is 13.0. The van der Waals surface area contributed by atoms with Gasteiger partial charge in [0, 0.05) is 6.42 Å². The van der Waals surface area contributed by atoms with Gasteiger partial charge in [0.1, 0.15) is 0 Å². The first-order valence-electron chi connectivity index (χ1n) is 4.16. The molecule has 74 valence electrons. The molecule has 0 fully saturated rings. The van der Waals surface area contributed by atoms with Gasteiger partial charge in [-0.05, 0) is 6.92 Å². The van der Waals surface area contributed by atoms with Crippen LogP contribution in [0.2, 0.25) is 0 Å². The van der Waals surface area contributed by atoms with Gasteiger partial charge in [0.05, 0.1) is 19.0 Å². The molecule has 0 aliphatic carbocycles. The quantitative estimate of drug-likeness (QED) is 0.728. The van der Waals surface area contributed by atoms with Crippen LogP contribution in [0.4, 0.5) is 8.78 Å². The van der Waals surface area contributed by atoms with Crippen LogP contribution in [0.1, 0.15) is 20.3 Å². The maximum Gasteiger partial charge on any atom is 0.343 e. The van der Waals surface area contributed by atoms with Gasteiger partial charge in [0.15, 0.2) is 5.75 Å². The molecule has 0 aliphatic heterocycles. The molecule has 3 nitrogen and oxygen atoms in total. The van der Waals surface area contributed by atoms with Gasteiger partial charge in [-0.25, -0.2) is 4.68 Å². The Hall–Kier alpha value is -1.13. The summed E-state index contributed by atoms with van der Waals surface area (Å²) in [6, 6.07) is -2.92. The highest BCUT2D eigenvalue weighted by Gasteiger charge is 2.29. The van der Waals surface area contributed by atoms with E-state index in [1.807, 2.05) is 0 Å². The van der Waals surface area contributed by atoms with Crippen molar-refractivity contribution in [2.24, 2.45) is 0 Å². The molecule has 5 heteroatoms.